The van der Waals surface area contributed by atoms with Crippen LogP contribution < -0.4 is 27.4 Å². The average Bonchev–Trinajstić information content (AvgIpc) is 1.58. The number of piperidine rings is 1. The number of cyclic esters (lactones) is 1. The second-order valence-corrected chi connectivity index (χ2v) is 33.5. The number of alkyl carbamates (subject to hydrolysis) is 1. The van der Waals surface area contributed by atoms with Gasteiger partial charge in [0.25, 0.3) is 17.7 Å². The molecule has 4 amide bonds. The van der Waals surface area contributed by atoms with Crippen LogP contribution in [0.5, 0.6) is 0 Å². The number of methoxy groups -OCH3 is 2. The van der Waals surface area contributed by atoms with E-state index in [4.69, 9.17) is 77.8 Å². The lowest BCUT2D eigenvalue weighted by Crippen LogP contribution is -2.61. The van der Waals surface area contributed by atoms with Gasteiger partial charge in [-0.2, -0.15) is 10.1 Å². The van der Waals surface area contributed by atoms with Crippen molar-refractivity contribution in [2.75, 3.05) is 138 Å². The van der Waals surface area contributed by atoms with Crippen LogP contribution in [0.4, 0.5) is 16.6 Å². The largest absolute Gasteiger partial charge is 0.460 e. The summed E-state index contributed by atoms with van der Waals surface area (Å²) in [6.45, 7) is 19.9. The van der Waals surface area contributed by atoms with Crippen LogP contribution in [-0.4, -0.2) is 282 Å². The zero-order chi connectivity index (χ0) is 91.4. The first-order valence-electron chi connectivity index (χ1n) is 44.9. The van der Waals surface area contributed by atoms with Gasteiger partial charge in [0.15, 0.2) is 17.0 Å². The number of allylic oxidation sites excluding steroid dienone is 5. The van der Waals surface area contributed by atoms with Crippen molar-refractivity contribution < 1.29 is 110 Å². The first-order valence-corrected chi connectivity index (χ1v) is 44.9. The van der Waals surface area contributed by atoms with Crippen molar-refractivity contribution >= 4 is 75.3 Å². The molecule has 9 rings (SSSR count). The monoisotopic (exact) mass is 1780 g/mol. The van der Waals surface area contributed by atoms with E-state index in [0.717, 1.165) is 24.0 Å². The molecule has 3 aliphatic heterocycles. The zero-order valence-electron chi connectivity index (χ0n) is 75.4. The van der Waals surface area contributed by atoms with Gasteiger partial charge in [-0.25, -0.2) is 28.9 Å². The van der Waals surface area contributed by atoms with Crippen LogP contribution in [0, 0.1) is 35.5 Å². The Morgan fingerprint density at radius 1 is 0.732 bits per heavy atom. The van der Waals surface area contributed by atoms with Gasteiger partial charge in [-0.1, -0.05) is 76.3 Å². The number of carbonyl (C=O) groups is 7. The predicted molar refractivity (Wildman–Crippen MR) is 469 cm³/mol. The molecule has 37 nitrogen and oxygen atoms in total. The topological polar surface area (TPSA) is 483 Å². The number of hydrogen-bond donors (Lipinski definition) is 8. The summed E-state index contributed by atoms with van der Waals surface area (Å²) in [6, 6.07) is 4.17. The highest BCUT2D eigenvalue weighted by molar-refractivity contribution is 6.39. The standard InChI is InChI=1S/C90H136N14O23/c1-11-123-73-53-74(125-87(112)70-21-15-17-33-102(70)86(111)83(110)90(114)63(8)22-25-67(127-90)52-72(115-9)58(3)20-14-12-13-19-57(2)47-61(6)80(107)82(109)81(108)62(7)48-59(73)4)60(5)49-64-23-26-69(75(50-64)116-10)104-54-66(99-101-104)55-124-89(113)95-32-38-120-42-46-122-44-40-118-36-29-77(106)94-31-37-119-41-45-121-43-39-117-35-28-76(105)93-30-16-18-34-103-85-78(84(91)96-56-97-85)79(100-103)65-24-27-71-68(51-65)98-88(92)126-71/h12-14,19-20,24,27,48,51,54,56-57,59-61,63-64,67,69-70,72-75,81-82,108-109,114H,11,15-18,21-23,25-26,28-47,49-50,52-53,55H2,1-10H3,(H2,92,98)(H,93,105)(H,94,106)(H,95,113)(H2,91,96,97)/b14-12+,19-13+,58-20+,62-48+/t57-,59?,60-,61-,63-,64+,67+,69+,70+,72+,73-,74+,75-,81-,82+,90-/m1/s1. The molecule has 4 aliphatic rings. The molecule has 2 bridgehead atoms. The number of unbranched alkanes of at least 4 members (excludes halogenated alkanes) is 1. The van der Waals surface area contributed by atoms with Crippen LogP contribution in [-0.2, 0) is 98.8 Å². The van der Waals surface area contributed by atoms with Crippen LogP contribution in [0.1, 0.15) is 170 Å². The van der Waals surface area contributed by atoms with Gasteiger partial charge in [0.2, 0.25) is 17.6 Å². The van der Waals surface area contributed by atoms with Crippen molar-refractivity contribution in [3.8, 4) is 11.3 Å². The van der Waals surface area contributed by atoms with E-state index in [0.29, 0.717) is 162 Å². The zero-order valence-corrected chi connectivity index (χ0v) is 75.4. The molecular weight excluding hydrogens is 1650 g/mol. The van der Waals surface area contributed by atoms with Crippen LogP contribution >= 0.6 is 0 Å². The number of hydrogen-bond acceptors (Lipinski definition) is 31. The maximum atomic E-state index is 15.0. The highest BCUT2D eigenvalue weighted by Gasteiger charge is 2.53. The minimum absolute atomic E-state index is 0.0506. The number of esters is 1. The summed E-state index contributed by atoms with van der Waals surface area (Å²) in [4.78, 5) is 109. The van der Waals surface area contributed by atoms with E-state index in [1.165, 1.54) is 11.2 Å². The first-order chi connectivity index (χ1) is 61.2. The highest BCUT2D eigenvalue weighted by Crippen LogP contribution is 2.41. The Balaban J connectivity index is 0.621. The molecule has 4 aromatic heterocycles. The number of fused-ring (bicyclic) bond motifs is 5. The number of Topliss-reactive ketones (excluding diaryl/α,β-unsaturated/α-hetero) is 2. The number of nitrogens with two attached hydrogens (primary N) is 2. The molecule has 37 heteroatoms. The van der Waals surface area contributed by atoms with E-state index < -0.39 is 95.7 Å². The van der Waals surface area contributed by atoms with E-state index >= 15 is 0 Å². The molecule has 127 heavy (non-hydrogen) atoms. The first kappa shape index (κ1) is 102. The second-order valence-electron chi connectivity index (χ2n) is 33.5. The van der Waals surface area contributed by atoms with Crippen molar-refractivity contribution in [3.05, 3.63) is 84.0 Å². The number of ketones is 2. The highest BCUT2D eigenvalue weighted by atomic mass is 16.6. The van der Waals surface area contributed by atoms with E-state index in [1.54, 1.807) is 62.7 Å². The molecule has 5 aromatic rings. The van der Waals surface area contributed by atoms with Crippen molar-refractivity contribution in [1.29, 1.82) is 0 Å². The van der Waals surface area contributed by atoms with Crippen LogP contribution in [0.2, 0.25) is 0 Å². The number of rotatable bonds is 40. The van der Waals surface area contributed by atoms with Gasteiger partial charge in [-0.15, -0.1) is 5.10 Å². The Labute approximate surface area is 743 Å². The fraction of sp³-hybridized carbons (Fsp3) is 0.678. The number of nitrogen functional groups attached to an aromatic ring is 2. The Bertz CT molecular complexity index is 4420. The van der Waals surface area contributed by atoms with E-state index in [-0.39, 0.29) is 146 Å². The summed E-state index contributed by atoms with van der Waals surface area (Å²) in [7, 11) is 3.21. The van der Waals surface area contributed by atoms with Gasteiger partial charge in [0, 0.05) is 103 Å². The number of aliphatic hydroxyl groups is 3. The number of anilines is 2. The molecule has 0 spiro atoms. The molecule has 1 aliphatic carbocycles. The maximum absolute atomic E-state index is 15.0. The van der Waals surface area contributed by atoms with Crippen molar-refractivity contribution in [2.24, 2.45) is 35.5 Å². The van der Waals surface area contributed by atoms with E-state index in [2.05, 4.69) is 41.2 Å². The minimum Gasteiger partial charge on any atom is -0.460 e. The Morgan fingerprint density at radius 2 is 1.42 bits per heavy atom. The number of ether oxygens (including phenoxy) is 12. The third kappa shape index (κ3) is 31.1. The van der Waals surface area contributed by atoms with Gasteiger partial charge < -0.3 is 109 Å². The number of aryl methyl sites for hydroxylation is 1. The number of nitrogens with zero attached hydrogens (tertiary/aromatic N) is 9. The van der Waals surface area contributed by atoms with Gasteiger partial charge >= 0.3 is 12.1 Å². The predicted octanol–water partition coefficient (Wildman–Crippen LogP) is 7.77. The lowest BCUT2D eigenvalue weighted by molar-refractivity contribution is -0.265. The van der Waals surface area contributed by atoms with Gasteiger partial charge in [0.05, 0.1) is 121 Å². The van der Waals surface area contributed by atoms with E-state index in [9.17, 15) is 48.9 Å². The smallest absolute Gasteiger partial charge is 0.407 e. The number of benzene rings is 1. The van der Waals surface area contributed by atoms with Crippen molar-refractivity contribution in [2.45, 2.75) is 232 Å². The van der Waals surface area contributed by atoms with Gasteiger partial charge in [0.1, 0.15) is 60.0 Å². The summed E-state index contributed by atoms with van der Waals surface area (Å²) in [5.41, 5.74) is 16.8. The molecule has 1 saturated carbocycles. The van der Waals surface area contributed by atoms with Gasteiger partial charge in [-0.05, 0) is 145 Å². The SMILES string of the molecule is CCO[C@@H]1C[C@@H]([C@H](C)C[C@@H]2CC[C@H](n3cc(COC(=O)NCCOCCOCCOCCC(=O)NCCOCCOCCOCCC(=O)NCCCCn4nc(-c5ccc6oc(N)nc6c5)c5c(N)ncnc54)nn3)[C@H](OC)C2)OC(=O)[C@@H]2CCCCN2C(=O)C(=O)[C@]2(O)O[C@@H](CC[C@H]2C)C[C@H](OC)/C(C)=C/C=C/C=C/[C@@H](C)C[C@@H](C)C(=O)[C@H](O)[C@H](O)/C(C)=C/C1C. The lowest BCUT2D eigenvalue weighted by atomic mass is 9.77. The van der Waals surface area contributed by atoms with Crippen LogP contribution in [0.25, 0.3) is 33.4 Å². The van der Waals surface area contributed by atoms with Crippen molar-refractivity contribution in [1.82, 2.24) is 60.6 Å². The number of oxazole rings is 1. The molecule has 2 saturated heterocycles. The minimum atomic E-state index is -2.47. The average molecular weight is 1780 g/mol. The number of amides is 4. The van der Waals surface area contributed by atoms with Crippen LogP contribution in [0.3, 0.4) is 0 Å². The normalized spacial score (nSPS) is 27.0. The summed E-state index contributed by atoms with van der Waals surface area (Å²) in [5.74, 6) is -7.84. The third-order valence-corrected chi connectivity index (χ3v) is 23.9. The summed E-state index contributed by atoms with van der Waals surface area (Å²) in [6.07, 6.45) is 15.2. The Kier molecular flexibility index (Phi) is 42.1. The molecular formula is C90H136N14O23. The second kappa shape index (κ2) is 52.5. The molecule has 3 fully saturated rings. The molecule has 704 valence electrons. The fourth-order valence-electron chi connectivity index (χ4n) is 16.7. The summed E-state index contributed by atoms with van der Waals surface area (Å²) < 4.78 is 79.2. The summed E-state index contributed by atoms with van der Waals surface area (Å²) >= 11 is 0. The van der Waals surface area contributed by atoms with Crippen LogP contribution in [0.15, 0.2) is 82.7 Å². The third-order valence-electron chi connectivity index (χ3n) is 23.9. The molecule has 10 N–H and O–H groups in total. The number of nitrogens with one attached hydrogen (secondary N) is 3. The van der Waals surface area contributed by atoms with E-state index in [1.807, 2.05) is 77.1 Å². The molecule has 0 radical (unpaired) electrons. The molecule has 1 aromatic carbocycles. The Hall–Kier alpha value is -9.09. The summed E-state index contributed by atoms with van der Waals surface area (Å²) in [5, 5.41) is 57.7. The lowest BCUT2D eigenvalue weighted by Gasteiger charge is -2.43. The quantitative estimate of drug-likeness (QED) is 0.00803. The maximum Gasteiger partial charge on any atom is 0.407 e. The molecule has 16 atom stereocenters. The number of aromatic nitrogens is 8. The molecule has 7 heterocycles. The number of carbonyl (C=O) groups excluding carboxylic acids is 7. The number of aliphatic hydroxyl groups excluding tert-OH is 2. The van der Waals surface area contributed by atoms with Crippen molar-refractivity contribution in [3.63, 3.8) is 0 Å². The fourth-order valence-corrected chi connectivity index (χ4v) is 16.7. The Morgan fingerprint density at radius 3 is 2.11 bits per heavy atom. The van der Waals surface area contributed by atoms with Gasteiger partial charge in [-0.3, -0.25) is 24.0 Å². The molecule has 1 unspecified atom stereocenters.